The maximum Gasteiger partial charge on any atom is 0.337 e. The summed E-state index contributed by atoms with van der Waals surface area (Å²) in [7, 11) is 1.29. The number of esters is 1. The molecule has 1 amide bonds. The van der Waals surface area contributed by atoms with Gasteiger partial charge in [-0.3, -0.25) is 14.9 Å². The average Bonchev–Trinajstić information content (AvgIpc) is 2.59. The average molecular weight is 349 g/mol. The second-order valence-corrected chi connectivity index (χ2v) is 5.23. The molecule has 0 spiro atoms. The second kappa shape index (κ2) is 7.56. The Labute approximate surface area is 142 Å². The summed E-state index contributed by atoms with van der Waals surface area (Å²) >= 11 is 5.72. The van der Waals surface area contributed by atoms with Gasteiger partial charge in [-0.05, 0) is 29.8 Å². The highest BCUT2D eigenvalue weighted by Crippen LogP contribution is 2.23. The van der Waals surface area contributed by atoms with Crippen molar-refractivity contribution in [2.75, 3.05) is 7.11 Å². The van der Waals surface area contributed by atoms with Crippen molar-refractivity contribution in [2.24, 2.45) is 0 Å². The van der Waals surface area contributed by atoms with Gasteiger partial charge in [0.15, 0.2) is 0 Å². The molecular weight excluding hydrogens is 336 g/mol. The summed E-state index contributed by atoms with van der Waals surface area (Å²) in [6.07, 6.45) is 0. The third-order valence-corrected chi connectivity index (χ3v) is 3.46. The van der Waals surface area contributed by atoms with Gasteiger partial charge in [0.2, 0.25) is 0 Å². The molecule has 0 fully saturated rings. The molecule has 0 aromatic heterocycles. The molecule has 2 aromatic rings. The van der Waals surface area contributed by atoms with Crippen molar-refractivity contribution in [1.82, 2.24) is 5.32 Å². The molecule has 2 aromatic carbocycles. The molecule has 0 aliphatic rings. The molecular formula is C16H13ClN2O5. The van der Waals surface area contributed by atoms with Gasteiger partial charge in [-0.1, -0.05) is 23.7 Å². The van der Waals surface area contributed by atoms with Crippen LogP contribution >= 0.6 is 11.6 Å². The molecule has 0 heterocycles. The van der Waals surface area contributed by atoms with E-state index >= 15 is 0 Å². The van der Waals surface area contributed by atoms with Crippen LogP contribution in [0.1, 0.15) is 26.3 Å². The zero-order chi connectivity index (χ0) is 17.7. The summed E-state index contributed by atoms with van der Waals surface area (Å²) in [6.45, 7) is 0.153. The number of hydrogen-bond acceptors (Lipinski definition) is 5. The number of nitro benzene ring substituents is 1. The van der Waals surface area contributed by atoms with Crippen LogP contribution < -0.4 is 5.32 Å². The van der Waals surface area contributed by atoms with Crippen molar-refractivity contribution in [3.63, 3.8) is 0 Å². The molecule has 0 saturated carbocycles. The lowest BCUT2D eigenvalue weighted by atomic mass is 10.1. The van der Waals surface area contributed by atoms with Crippen LogP contribution in [0.15, 0.2) is 42.5 Å². The van der Waals surface area contributed by atoms with Crippen LogP contribution in [0.25, 0.3) is 0 Å². The fourth-order valence-electron chi connectivity index (χ4n) is 2.00. The van der Waals surface area contributed by atoms with E-state index in [4.69, 9.17) is 11.6 Å². The Bertz CT molecular complexity index is 790. The van der Waals surface area contributed by atoms with E-state index in [9.17, 15) is 19.7 Å². The van der Waals surface area contributed by atoms with Crippen LogP contribution in [0.5, 0.6) is 0 Å². The molecule has 0 unspecified atom stereocenters. The van der Waals surface area contributed by atoms with Gasteiger partial charge in [-0.15, -0.1) is 0 Å². The van der Waals surface area contributed by atoms with Gasteiger partial charge in [0.25, 0.3) is 11.6 Å². The maximum atomic E-state index is 12.1. The third kappa shape index (κ3) is 4.08. The largest absolute Gasteiger partial charge is 0.465 e. The number of benzene rings is 2. The van der Waals surface area contributed by atoms with Gasteiger partial charge in [0.05, 0.1) is 17.6 Å². The van der Waals surface area contributed by atoms with Gasteiger partial charge in [-0.25, -0.2) is 4.79 Å². The number of carbonyl (C=O) groups is 2. The second-order valence-electron chi connectivity index (χ2n) is 4.79. The summed E-state index contributed by atoms with van der Waals surface area (Å²) in [5.74, 6) is -1.04. The minimum absolute atomic E-state index is 0.0735. The molecule has 7 nitrogen and oxygen atoms in total. The van der Waals surface area contributed by atoms with Crippen LogP contribution in [0, 0.1) is 10.1 Å². The fourth-order valence-corrected chi connectivity index (χ4v) is 2.17. The van der Waals surface area contributed by atoms with E-state index in [1.165, 1.54) is 19.2 Å². The topological polar surface area (TPSA) is 98.5 Å². The highest BCUT2D eigenvalue weighted by molar-refractivity contribution is 6.31. The zero-order valence-corrected chi connectivity index (χ0v) is 13.4. The first-order valence-electron chi connectivity index (χ1n) is 6.81. The van der Waals surface area contributed by atoms with Crippen LogP contribution in [0.2, 0.25) is 5.02 Å². The number of halogens is 1. The molecule has 124 valence electrons. The van der Waals surface area contributed by atoms with Crippen LogP contribution in [0.4, 0.5) is 5.69 Å². The number of ether oxygens (including phenoxy) is 1. The first kappa shape index (κ1) is 17.4. The van der Waals surface area contributed by atoms with Gasteiger partial charge >= 0.3 is 5.97 Å². The minimum Gasteiger partial charge on any atom is -0.465 e. The van der Waals surface area contributed by atoms with Crippen molar-refractivity contribution in [1.29, 1.82) is 0 Å². The number of rotatable bonds is 5. The lowest BCUT2D eigenvalue weighted by Gasteiger charge is -2.07. The summed E-state index contributed by atoms with van der Waals surface area (Å²) in [4.78, 5) is 33.8. The van der Waals surface area contributed by atoms with E-state index in [1.807, 2.05) is 0 Å². The van der Waals surface area contributed by atoms with E-state index < -0.39 is 16.8 Å². The van der Waals surface area contributed by atoms with E-state index in [1.54, 1.807) is 24.3 Å². The summed E-state index contributed by atoms with van der Waals surface area (Å²) in [5, 5.41) is 13.8. The SMILES string of the molecule is COC(=O)c1ccc(CNC(=O)c2ccc(Cl)cc2[N+](=O)[O-])cc1. The minimum atomic E-state index is -0.661. The van der Waals surface area contributed by atoms with E-state index in [2.05, 4.69) is 10.1 Å². The summed E-state index contributed by atoms with van der Waals surface area (Å²) in [6, 6.07) is 10.3. The Kier molecular flexibility index (Phi) is 5.49. The maximum absolute atomic E-state index is 12.1. The number of nitrogens with zero attached hydrogens (tertiary/aromatic N) is 1. The van der Waals surface area contributed by atoms with E-state index in [0.29, 0.717) is 5.56 Å². The molecule has 0 atom stereocenters. The Morgan fingerprint density at radius 2 is 1.88 bits per heavy atom. The zero-order valence-electron chi connectivity index (χ0n) is 12.6. The van der Waals surface area contributed by atoms with Crippen LogP contribution in [0.3, 0.4) is 0 Å². The summed E-state index contributed by atoms with van der Waals surface area (Å²) in [5.41, 5.74) is 0.685. The third-order valence-electron chi connectivity index (χ3n) is 3.23. The predicted octanol–water partition coefficient (Wildman–Crippen LogP) is 2.96. The molecule has 24 heavy (non-hydrogen) atoms. The van der Waals surface area contributed by atoms with Gasteiger partial charge < -0.3 is 10.1 Å². The van der Waals surface area contributed by atoms with Crippen LogP contribution in [-0.2, 0) is 11.3 Å². The van der Waals surface area contributed by atoms with Crippen molar-refractivity contribution in [3.05, 3.63) is 74.3 Å². The smallest absolute Gasteiger partial charge is 0.337 e. The molecule has 0 saturated heterocycles. The quantitative estimate of drug-likeness (QED) is 0.509. The molecule has 0 aliphatic carbocycles. The number of nitro groups is 1. The van der Waals surface area contributed by atoms with E-state index in [-0.39, 0.29) is 22.8 Å². The highest BCUT2D eigenvalue weighted by Gasteiger charge is 2.20. The monoisotopic (exact) mass is 348 g/mol. The first-order valence-corrected chi connectivity index (χ1v) is 7.19. The Morgan fingerprint density at radius 1 is 1.21 bits per heavy atom. The lowest BCUT2D eigenvalue weighted by Crippen LogP contribution is -2.23. The predicted molar refractivity (Wildman–Crippen MR) is 87.1 cm³/mol. The molecule has 0 aliphatic heterocycles. The van der Waals surface area contributed by atoms with Crippen molar-refractivity contribution < 1.29 is 19.2 Å². The number of amides is 1. The molecule has 1 N–H and O–H groups in total. The van der Waals surface area contributed by atoms with Gasteiger partial charge in [0, 0.05) is 17.6 Å². The highest BCUT2D eigenvalue weighted by atomic mass is 35.5. The standard InChI is InChI=1S/C16H13ClN2O5/c1-24-16(21)11-4-2-10(3-5-11)9-18-15(20)13-7-6-12(17)8-14(13)19(22)23/h2-8H,9H2,1H3,(H,18,20). The number of nitrogens with one attached hydrogen (secondary N) is 1. The molecule has 2 rings (SSSR count). The molecule has 0 radical (unpaired) electrons. The molecule has 0 bridgehead atoms. The Hall–Kier alpha value is -2.93. The normalized spacial score (nSPS) is 10.1. The summed E-state index contributed by atoms with van der Waals surface area (Å²) < 4.78 is 4.59. The van der Waals surface area contributed by atoms with E-state index in [0.717, 1.165) is 11.6 Å². The number of methoxy groups -OCH3 is 1. The number of carbonyl (C=O) groups excluding carboxylic acids is 2. The Balaban J connectivity index is 2.08. The lowest BCUT2D eigenvalue weighted by molar-refractivity contribution is -0.385. The Morgan fingerprint density at radius 3 is 2.46 bits per heavy atom. The van der Waals surface area contributed by atoms with Crippen LogP contribution in [-0.4, -0.2) is 23.9 Å². The first-order chi connectivity index (χ1) is 11.4. The number of hydrogen-bond donors (Lipinski definition) is 1. The fraction of sp³-hybridized carbons (Fsp3) is 0.125. The van der Waals surface area contributed by atoms with Crippen molar-refractivity contribution in [2.45, 2.75) is 6.54 Å². The van der Waals surface area contributed by atoms with Gasteiger partial charge in [-0.2, -0.15) is 0 Å². The molecule has 8 heteroatoms. The van der Waals surface area contributed by atoms with Crippen molar-refractivity contribution in [3.8, 4) is 0 Å². The van der Waals surface area contributed by atoms with Gasteiger partial charge in [0.1, 0.15) is 5.56 Å². The van der Waals surface area contributed by atoms with Crippen molar-refractivity contribution >= 4 is 29.2 Å².